The second-order valence-electron chi connectivity index (χ2n) is 4.53. The number of nitriles is 1. The molecule has 0 bridgehead atoms. The van der Waals surface area contributed by atoms with Gasteiger partial charge in [0, 0.05) is 0 Å². The van der Waals surface area contributed by atoms with E-state index in [2.05, 4.69) is 6.07 Å². The molecule has 86 valence electrons. The van der Waals surface area contributed by atoms with Gasteiger partial charge in [0.05, 0.1) is 23.1 Å². The van der Waals surface area contributed by atoms with Crippen LogP contribution in [0.25, 0.3) is 0 Å². The summed E-state index contributed by atoms with van der Waals surface area (Å²) in [5, 5.41) is 9.47. The number of hydrogen-bond acceptors (Lipinski definition) is 2. The summed E-state index contributed by atoms with van der Waals surface area (Å²) in [5.41, 5.74) is 0.756. The molecule has 0 radical (unpaired) electrons. The zero-order valence-electron chi connectivity index (χ0n) is 9.88. The highest BCUT2D eigenvalue weighted by Crippen LogP contribution is 2.26. The molecule has 0 amide bonds. The van der Waals surface area contributed by atoms with E-state index in [4.69, 9.17) is 21.6 Å². The summed E-state index contributed by atoms with van der Waals surface area (Å²) in [6, 6.07) is 7.92. The van der Waals surface area contributed by atoms with Gasteiger partial charge in [-0.1, -0.05) is 17.7 Å². The number of benzene rings is 1. The first kappa shape index (κ1) is 12.9. The highest BCUT2D eigenvalue weighted by molar-refractivity contribution is 6.32. The Balaban J connectivity index is 2.53. The average molecular weight is 238 g/mol. The van der Waals surface area contributed by atoms with Gasteiger partial charge in [0.1, 0.15) is 5.75 Å². The van der Waals surface area contributed by atoms with Crippen LogP contribution in [0, 0.1) is 23.7 Å². The lowest BCUT2D eigenvalue weighted by Gasteiger charge is -2.15. The summed E-state index contributed by atoms with van der Waals surface area (Å²) < 4.78 is 5.55. The van der Waals surface area contributed by atoms with E-state index < -0.39 is 0 Å². The lowest BCUT2D eigenvalue weighted by atomic mass is 9.92. The molecule has 2 nitrogen and oxygen atoms in total. The molecule has 0 aliphatic carbocycles. The van der Waals surface area contributed by atoms with Gasteiger partial charge in [-0.25, -0.2) is 0 Å². The van der Waals surface area contributed by atoms with Crippen molar-refractivity contribution in [2.24, 2.45) is 5.41 Å². The Labute approximate surface area is 102 Å². The van der Waals surface area contributed by atoms with Crippen molar-refractivity contribution in [1.82, 2.24) is 0 Å². The minimum Gasteiger partial charge on any atom is -0.492 e. The SMILES string of the molecule is Cc1ccc(OCCC(C)(C)C#N)c(Cl)c1. The third-order valence-corrected chi connectivity index (χ3v) is 2.67. The second-order valence-corrected chi connectivity index (χ2v) is 4.94. The van der Waals surface area contributed by atoms with Crippen molar-refractivity contribution in [3.05, 3.63) is 28.8 Å². The molecule has 3 heteroatoms. The van der Waals surface area contributed by atoms with Crippen molar-refractivity contribution in [1.29, 1.82) is 5.26 Å². The van der Waals surface area contributed by atoms with Crippen LogP contribution in [-0.2, 0) is 0 Å². The van der Waals surface area contributed by atoms with Gasteiger partial charge in [0.15, 0.2) is 0 Å². The maximum absolute atomic E-state index is 8.85. The van der Waals surface area contributed by atoms with E-state index in [0.29, 0.717) is 23.8 Å². The van der Waals surface area contributed by atoms with Crippen LogP contribution in [0.5, 0.6) is 5.75 Å². The monoisotopic (exact) mass is 237 g/mol. The molecule has 0 aromatic heterocycles. The number of rotatable bonds is 4. The van der Waals surface area contributed by atoms with Crippen LogP contribution < -0.4 is 4.74 Å². The summed E-state index contributed by atoms with van der Waals surface area (Å²) in [4.78, 5) is 0. The molecule has 0 spiro atoms. The van der Waals surface area contributed by atoms with Gasteiger partial charge in [-0.05, 0) is 44.9 Å². The lowest BCUT2D eigenvalue weighted by Crippen LogP contribution is -2.13. The van der Waals surface area contributed by atoms with Crippen molar-refractivity contribution < 1.29 is 4.74 Å². The van der Waals surface area contributed by atoms with Crippen molar-refractivity contribution in [3.63, 3.8) is 0 Å². The van der Waals surface area contributed by atoms with Crippen LogP contribution in [0.3, 0.4) is 0 Å². The molecule has 0 aliphatic heterocycles. The average Bonchev–Trinajstić information content (AvgIpc) is 2.21. The molecular weight excluding hydrogens is 222 g/mol. The number of nitrogens with zero attached hydrogens (tertiary/aromatic N) is 1. The van der Waals surface area contributed by atoms with Gasteiger partial charge >= 0.3 is 0 Å². The molecule has 0 aliphatic rings. The number of halogens is 1. The van der Waals surface area contributed by atoms with Gasteiger partial charge in [0.25, 0.3) is 0 Å². The molecular formula is C13H16ClNO. The molecule has 0 saturated carbocycles. The predicted octanol–water partition coefficient (Wildman–Crippen LogP) is 3.97. The van der Waals surface area contributed by atoms with Crippen LogP contribution in [0.1, 0.15) is 25.8 Å². The molecule has 0 atom stereocenters. The third-order valence-electron chi connectivity index (χ3n) is 2.37. The lowest BCUT2D eigenvalue weighted by molar-refractivity contribution is 0.264. The Morgan fingerprint density at radius 1 is 1.44 bits per heavy atom. The number of hydrogen-bond donors (Lipinski definition) is 0. The summed E-state index contributed by atoms with van der Waals surface area (Å²) in [5.74, 6) is 0.681. The molecule has 1 aromatic rings. The van der Waals surface area contributed by atoms with Crippen LogP contribution in [0.4, 0.5) is 0 Å². The minimum absolute atomic E-state index is 0.350. The van der Waals surface area contributed by atoms with Crippen LogP contribution in [0.2, 0.25) is 5.02 Å². The maximum Gasteiger partial charge on any atom is 0.137 e. The summed E-state index contributed by atoms with van der Waals surface area (Å²) >= 11 is 6.02. The topological polar surface area (TPSA) is 33.0 Å². The van der Waals surface area contributed by atoms with E-state index in [9.17, 15) is 0 Å². The van der Waals surface area contributed by atoms with Crippen LogP contribution in [-0.4, -0.2) is 6.61 Å². The highest BCUT2D eigenvalue weighted by atomic mass is 35.5. The van der Waals surface area contributed by atoms with E-state index in [1.807, 2.05) is 39.0 Å². The molecule has 0 saturated heterocycles. The van der Waals surface area contributed by atoms with Crippen molar-refractivity contribution in [2.75, 3.05) is 6.61 Å². The second kappa shape index (κ2) is 5.23. The molecule has 0 N–H and O–H groups in total. The van der Waals surface area contributed by atoms with E-state index in [-0.39, 0.29) is 5.41 Å². The van der Waals surface area contributed by atoms with Gasteiger partial charge in [-0.15, -0.1) is 0 Å². The van der Waals surface area contributed by atoms with E-state index in [1.165, 1.54) is 0 Å². The largest absolute Gasteiger partial charge is 0.492 e. The zero-order valence-corrected chi connectivity index (χ0v) is 10.6. The Hall–Kier alpha value is -1.20. The fourth-order valence-electron chi connectivity index (χ4n) is 1.19. The number of aryl methyl sites for hydroxylation is 1. The maximum atomic E-state index is 8.85. The Kier molecular flexibility index (Phi) is 4.20. The van der Waals surface area contributed by atoms with Gasteiger partial charge in [0.2, 0.25) is 0 Å². The predicted molar refractivity (Wildman–Crippen MR) is 65.7 cm³/mol. The first-order valence-corrected chi connectivity index (χ1v) is 5.62. The fourth-order valence-corrected chi connectivity index (χ4v) is 1.48. The quantitative estimate of drug-likeness (QED) is 0.794. The summed E-state index contributed by atoms with van der Waals surface area (Å²) in [7, 11) is 0. The van der Waals surface area contributed by atoms with E-state index >= 15 is 0 Å². The fraction of sp³-hybridized carbons (Fsp3) is 0.462. The Bertz CT molecular complexity index is 407. The van der Waals surface area contributed by atoms with Crippen LogP contribution >= 0.6 is 11.6 Å². The first-order chi connectivity index (χ1) is 7.44. The molecule has 0 unspecified atom stereocenters. The molecule has 0 fully saturated rings. The standard InChI is InChI=1S/C13H16ClNO/c1-10-4-5-12(11(14)8-10)16-7-6-13(2,3)9-15/h4-5,8H,6-7H2,1-3H3. The molecule has 1 rings (SSSR count). The summed E-state index contributed by atoms with van der Waals surface area (Å²) in [6.45, 7) is 6.28. The Morgan fingerprint density at radius 2 is 2.12 bits per heavy atom. The van der Waals surface area contributed by atoms with E-state index in [1.54, 1.807) is 0 Å². The van der Waals surface area contributed by atoms with Gasteiger partial charge in [-0.2, -0.15) is 5.26 Å². The molecule has 0 heterocycles. The summed E-state index contributed by atoms with van der Waals surface area (Å²) in [6.07, 6.45) is 0.688. The first-order valence-electron chi connectivity index (χ1n) is 5.25. The van der Waals surface area contributed by atoms with E-state index in [0.717, 1.165) is 5.56 Å². The van der Waals surface area contributed by atoms with Gasteiger partial charge in [-0.3, -0.25) is 0 Å². The Morgan fingerprint density at radius 3 is 2.69 bits per heavy atom. The van der Waals surface area contributed by atoms with Crippen molar-refractivity contribution >= 4 is 11.6 Å². The van der Waals surface area contributed by atoms with Crippen LogP contribution in [0.15, 0.2) is 18.2 Å². The zero-order chi connectivity index (χ0) is 12.2. The molecule has 1 aromatic carbocycles. The van der Waals surface area contributed by atoms with Gasteiger partial charge < -0.3 is 4.74 Å². The smallest absolute Gasteiger partial charge is 0.137 e. The highest BCUT2D eigenvalue weighted by Gasteiger charge is 2.16. The normalized spacial score (nSPS) is 10.9. The molecule has 16 heavy (non-hydrogen) atoms. The van der Waals surface area contributed by atoms with Crippen molar-refractivity contribution in [3.8, 4) is 11.8 Å². The minimum atomic E-state index is -0.350. The van der Waals surface area contributed by atoms with Crippen molar-refractivity contribution in [2.45, 2.75) is 27.2 Å². The third kappa shape index (κ3) is 3.75. The number of ether oxygens (including phenoxy) is 1.